The van der Waals surface area contributed by atoms with E-state index < -0.39 is 16.0 Å². The maximum absolute atomic E-state index is 13.6. The van der Waals surface area contributed by atoms with Crippen LogP contribution in [0.4, 0.5) is 4.39 Å². The molecule has 0 spiro atoms. The van der Waals surface area contributed by atoms with Crippen LogP contribution < -0.4 is 5.14 Å². The van der Waals surface area contributed by atoms with Gasteiger partial charge >= 0.3 is 5.97 Å². The topological polar surface area (TPSA) is 86.5 Å². The number of rotatable bonds is 3. The first kappa shape index (κ1) is 17.3. The summed E-state index contributed by atoms with van der Waals surface area (Å²) in [4.78, 5) is 12.0. The van der Waals surface area contributed by atoms with Gasteiger partial charge in [0.1, 0.15) is 5.82 Å². The van der Waals surface area contributed by atoms with Crippen molar-refractivity contribution >= 4 is 21.6 Å². The van der Waals surface area contributed by atoms with E-state index in [2.05, 4.69) is 0 Å². The van der Waals surface area contributed by atoms with E-state index in [1.807, 2.05) is 0 Å². The predicted octanol–water partition coefficient (Wildman–Crippen LogP) is 2.53. The molecule has 1 aliphatic rings. The summed E-state index contributed by atoms with van der Waals surface area (Å²) in [6.45, 7) is 1.92. The van der Waals surface area contributed by atoms with Gasteiger partial charge in [-0.3, -0.25) is 0 Å². The Bertz CT molecular complexity index is 979. The van der Waals surface area contributed by atoms with E-state index in [4.69, 9.17) is 9.88 Å². The summed E-state index contributed by atoms with van der Waals surface area (Å²) in [7, 11) is -3.81. The van der Waals surface area contributed by atoms with Gasteiger partial charge in [0.05, 0.1) is 11.5 Å². The number of nitrogens with two attached hydrogens (primary N) is 1. The highest BCUT2D eigenvalue weighted by Crippen LogP contribution is 2.33. The molecular weight excluding hydrogens is 345 g/mol. The Morgan fingerprint density at radius 2 is 1.76 bits per heavy atom. The molecule has 7 heteroatoms. The number of cyclic esters (lactones) is 1. The molecule has 1 saturated heterocycles. The number of ether oxygens (including phenoxy) is 1. The van der Waals surface area contributed by atoms with Crippen molar-refractivity contribution in [3.63, 3.8) is 0 Å². The van der Waals surface area contributed by atoms with Crippen molar-refractivity contribution in [2.24, 2.45) is 5.14 Å². The second kappa shape index (κ2) is 6.42. The maximum Gasteiger partial charge on any atom is 0.334 e. The van der Waals surface area contributed by atoms with Gasteiger partial charge in [0.25, 0.3) is 0 Å². The Hall–Kier alpha value is -2.51. The van der Waals surface area contributed by atoms with E-state index in [-0.39, 0.29) is 17.3 Å². The third kappa shape index (κ3) is 3.47. The predicted molar refractivity (Wildman–Crippen MR) is 90.6 cm³/mol. The van der Waals surface area contributed by atoms with E-state index in [1.165, 1.54) is 18.2 Å². The summed E-state index contributed by atoms with van der Waals surface area (Å²) in [5.74, 6) is -0.765. The number of sulfonamides is 1. The molecule has 0 aromatic heterocycles. The summed E-state index contributed by atoms with van der Waals surface area (Å²) in [6, 6.07) is 10.5. The van der Waals surface area contributed by atoms with Crippen LogP contribution in [-0.4, -0.2) is 21.0 Å². The minimum Gasteiger partial charge on any atom is -0.462 e. The summed E-state index contributed by atoms with van der Waals surface area (Å²) in [5, 5.41) is 5.12. The highest BCUT2D eigenvalue weighted by molar-refractivity contribution is 7.89. The van der Waals surface area contributed by atoms with E-state index in [9.17, 15) is 17.6 Å². The Balaban J connectivity index is 2.19. The van der Waals surface area contributed by atoms with Gasteiger partial charge in [0.2, 0.25) is 10.0 Å². The van der Waals surface area contributed by atoms with E-state index in [0.717, 1.165) is 0 Å². The van der Waals surface area contributed by atoms with Crippen molar-refractivity contribution in [3.8, 4) is 0 Å². The lowest BCUT2D eigenvalue weighted by atomic mass is 9.91. The van der Waals surface area contributed by atoms with Crippen LogP contribution in [0.5, 0.6) is 0 Å². The van der Waals surface area contributed by atoms with Gasteiger partial charge in [-0.1, -0.05) is 18.2 Å². The van der Waals surface area contributed by atoms with Crippen LogP contribution in [0, 0.1) is 12.7 Å². The average molecular weight is 361 g/mol. The molecule has 1 heterocycles. The minimum absolute atomic E-state index is 0.0233. The lowest BCUT2D eigenvalue weighted by molar-refractivity contribution is -0.135. The molecule has 0 amide bonds. The van der Waals surface area contributed by atoms with Crippen molar-refractivity contribution in [3.05, 3.63) is 70.5 Å². The number of esters is 1. The second-order valence-electron chi connectivity index (χ2n) is 5.77. The number of carbonyl (C=O) groups excluding carboxylic acids is 1. The third-order valence-corrected chi connectivity index (χ3v) is 4.98. The summed E-state index contributed by atoms with van der Waals surface area (Å²) in [6.07, 6.45) is 0.432. The summed E-state index contributed by atoms with van der Waals surface area (Å²) in [5.41, 5.74) is 2.83. The lowest BCUT2D eigenvalue weighted by Gasteiger charge is -2.13. The summed E-state index contributed by atoms with van der Waals surface area (Å²) >= 11 is 0. The van der Waals surface area contributed by atoms with Gasteiger partial charge in [-0.15, -0.1) is 0 Å². The monoisotopic (exact) mass is 361 g/mol. The molecule has 0 radical (unpaired) electrons. The smallest absolute Gasteiger partial charge is 0.334 e. The molecule has 0 aliphatic carbocycles. The standard InChI is InChI=1S/C18H16FNO4S/c1-11-10-13(4-7-16(11)19)17(15-8-9-24-18(15)21)12-2-5-14(6-3-12)25(20,22)23/h2-7,10H,8-9H2,1H3,(H2,20,22,23)/b17-15-. The number of carbonyl (C=O) groups is 1. The van der Waals surface area contributed by atoms with E-state index in [0.29, 0.717) is 34.3 Å². The van der Waals surface area contributed by atoms with E-state index >= 15 is 0 Å². The molecule has 2 aromatic rings. The van der Waals surface area contributed by atoms with Crippen LogP contribution in [0.15, 0.2) is 52.9 Å². The molecule has 130 valence electrons. The molecule has 2 aromatic carbocycles. The number of hydrogen-bond donors (Lipinski definition) is 1. The van der Waals surface area contributed by atoms with Crippen molar-refractivity contribution in [1.29, 1.82) is 0 Å². The van der Waals surface area contributed by atoms with Crippen LogP contribution in [0.1, 0.15) is 23.1 Å². The fraction of sp³-hybridized carbons (Fsp3) is 0.167. The maximum atomic E-state index is 13.6. The molecule has 0 atom stereocenters. The summed E-state index contributed by atoms with van der Waals surface area (Å²) < 4.78 is 41.5. The zero-order valence-corrected chi connectivity index (χ0v) is 14.3. The van der Waals surface area contributed by atoms with E-state index in [1.54, 1.807) is 31.2 Å². The third-order valence-electron chi connectivity index (χ3n) is 4.05. The normalized spacial score (nSPS) is 16.7. The van der Waals surface area contributed by atoms with Crippen molar-refractivity contribution in [2.75, 3.05) is 6.61 Å². The highest BCUT2D eigenvalue weighted by atomic mass is 32.2. The quantitative estimate of drug-likeness (QED) is 0.672. The van der Waals surface area contributed by atoms with Crippen molar-refractivity contribution in [2.45, 2.75) is 18.2 Å². The van der Waals surface area contributed by atoms with Crippen LogP contribution in [0.3, 0.4) is 0 Å². The molecule has 3 rings (SSSR count). The first-order chi connectivity index (χ1) is 11.8. The number of aryl methyl sites for hydroxylation is 1. The lowest BCUT2D eigenvalue weighted by Crippen LogP contribution is -2.12. The molecular formula is C18H16FNO4S. The minimum atomic E-state index is -3.81. The van der Waals surface area contributed by atoms with Crippen LogP contribution in [-0.2, 0) is 19.6 Å². The molecule has 1 aliphatic heterocycles. The number of halogens is 1. The number of benzene rings is 2. The number of hydrogen-bond acceptors (Lipinski definition) is 4. The van der Waals surface area contributed by atoms with Crippen molar-refractivity contribution < 1.29 is 22.3 Å². The van der Waals surface area contributed by atoms with Crippen molar-refractivity contribution in [1.82, 2.24) is 0 Å². The van der Waals surface area contributed by atoms with Crippen LogP contribution in [0.2, 0.25) is 0 Å². The largest absolute Gasteiger partial charge is 0.462 e. The van der Waals surface area contributed by atoms with Gasteiger partial charge in [-0.25, -0.2) is 22.7 Å². The Labute approximate surface area is 145 Å². The first-order valence-electron chi connectivity index (χ1n) is 7.57. The van der Waals surface area contributed by atoms with Gasteiger partial charge in [0, 0.05) is 12.0 Å². The fourth-order valence-electron chi connectivity index (χ4n) is 2.79. The second-order valence-corrected chi connectivity index (χ2v) is 7.33. The van der Waals surface area contributed by atoms with Gasteiger partial charge in [-0.2, -0.15) is 0 Å². The zero-order chi connectivity index (χ0) is 18.2. The fourth-order valence-corrected chi connectivity index (χ4v) is 3.30. The SMILES string of the molecule is Cc1cc(/C(=C2/CCOC2=O)c2ccc(S(N)(=O)=O)cc2)ccc1F. The average Bonchev–Trinajstić information content (AvgIpc) is 2.97. The van der Waals surface area contributed by atoms with Gasteiger partial charge in [0.15, 0.2) is 0 Å². The molecule has 25 heavy (non-hydrogen) atoms. The first-order valence-corrected chi connectivity index (χ1v) is 9.12. The van der Waals surface area contributed by atoms with Crippen LogP contribution in [0.25, 0.3) is 5.57 Å². The van der Waals surface area contributed by atoms with Gasteiger partial charge < -0.3 is 4.74 Å². The molecule has 1 fully saturated rings. The Morgan fingerprint density at radius 3 is 2.28 bits per heavy atom. The Morgan fingerprint density at radius 1 is 1.12 bits per heavy atom. The van der Waals surface area contributed by atoms with Gasteiger partial charge in [-0.05, 0) is 53.5 Å². The molecule has 0 unspecified atom stereocenters. The number of primary sulfonamides is 1. The Kier molecular flexibility index (Phi) is 4.45. The molecule has 0 bridgehead atoms. The highest BCUT2D eigenvalue weighted by Gasteiger charge is 2.25. The molecule has 5 nitrogen and oxygen atoms in total. The molecule has 2 N–H and O–H groups in total. The molecule has 0 saturated carbocycles. The zero-order valence-electron chi connectivity index (χ0n) is 13.5. The van der Waals surface area contributed by atoms with Crippen LogP contribution >= 0.6 is 0 Å².